The number of halogens is 1. The van der Waals surface area contributed by atoms with E-state index in [1.165, 1.54) is 6.07 Å². The van der Waals surface area contributed by atoms with Crippen molar-refractivity contribution in [1.82, 2.24) is 35.1 Å². The van der Waals surface area contributed by atoms with Crippen LogP contribution >= 0.6 is 0 Å². The average molecular weight is 491 g/mol. The van der Waals surface area contributed by atoms with Gasteiger partial charge in [0.1, 0.15) is 11.5 Å². The second kappa shape index (κ2) is 8.30. The number of nitrogens with zero attached hydrogens (tertiary/aromatic N) is 5. The summed E-state index contributed by atoms with van der Waals surface area (Å²) in [6.07, 6.45) is 8.35. The molecule has 1 fully saturated rings. The molecule has 180 valence electrons. The van der Waals surface area contributed by atoms with Crippen molar-refractivity contribution >= 4 is 33.7 Å². The van der Waals surface area contributed by atoms with Gasteiger partial charge < -0.3 is 10.3 Å². The van der Waals surface area contributed by atoms with Crippen molar-refractivity contribution in [3.63, 3.8) is 0 Å². The summed E-state index contributed by atoms with van der Waals surface area (Å²) in [7, 11) is 0. The second-order valence-corrected chi connectivity index (χ2v) is 9.03. The fourth-order valence-corrected chi connectivity index (χ4v) is 4.44. The maximum absolute atomic E-state index is 15.2. The minimum atomic E-state index is -0.432. The first kappa shape index (κ1) is 21.3. The number of rotatable bonds is 5. The first-order chi connectivity index (χ1) is 18.1. The highest BCUT2D eigenvalue weighted by Crippen LogP contribution is 2.34. The van der Waals surface area contributed by atoms with Gasteiger partial charge in [0.15, 0.2) is 11.5 Å². The number of carbonyl (C=O) groups excluding carboxylic acids is 1. The number of amides is 1. The third-order valence-corrected chi connectivity index (χ3v) is 6.47. The number of hydrogen-bond acceptors (Lipinski definition) is 6. The molecule has 0 atom stereocenters. The minimum absolute atomic E-state index is 0.0319. The van der Waals surface area contributed by atoms with E-state index in [9.17, 15) is 4.79 Å². The van der Waals surface area contributed by atoms with Crippen molar-refractivity contribution in [2.75, 3.05) is 5.32 Å². The van der Waals surface area contributed by atoms with Crippen LogP contribution < -0.4 is 5.32 Å². The maximum atomic E-state index is 15.2. The number of nitrogens with one attached hydrogen (secondary N) is 3. The number of hydrogen-bond donors (Lipinski definition) is 3. The molecule has 0 bridgehead atoms. The standard InChI is InChI=1S/C27H19FN8O/c28-20-11-22-19(10-18(20)15-9-16(13-29-12-15)32-27(37)14-4-5-14)24(36-35-22)26-33-23-17(6-8-31-25(23)34-26)21-3-1-2-7-30-21/h1-3,6-14H,4-5H2,(H,32,37)(H,35,36)(H,31,33,34). The third-order valence-electron chi connectivity index (χ3n) is 6.47. The van der Waals surface area contributed by atoms with Gasteiger partial charge in [-0.15, -0.1) is 0 Å². The monoisotopic (exact) mass is 490 g/mol. The first-order valence-corrected chi connectivity index (χ1v) is 11.8. The van der Waals surface area contributed by atoms with E-state index in [1.54, 1.807) is 36.9 Å². The van der Waals surface area contributed by atoms with Crippen molar-refractivity contribution in [3.8, 4) is 33.9 Å². The van der Waals surface area contributed by atoms with Crippen molar-refractivity contribution in [3.05, 3.63) is 73.1 Å². The highest BCUT2D eigenvalue weighted by molar-refractivity contribution is 5.98. The summed E-state index contributed by atoms with van der Waals surface area (Å²) in [4.78, 5) is 33.2. The molecule has 7 rings (SSSR count). The van der Waals surface area contributed by atoms with E-state index >= 15 is 4.39 Å². The van der Waals surface area contributed by atoms with Gasteiger partial charge in [-0.25, -0.2) is 14.4 Å². The van der Waals surface area contributed by atoms with Gasteiger partial charge in [0.05, 0.1) is 28.6 Å². The number of pyridine rings is 3. The van der Waals surface area contributed by atoms with E-state index < -0.39 is 5.82 Å². The van der Waals surface area contributed by atoms with E-state index in [0.717, 1.165) is 29.6 Å². The van der Waals surface area contributed by atoms with Crippen LogP contribution in [-0.4, -0.2) is 41.0 Å². The van der Waals surface area contributed by atoms with Crippen LogP contribution in [0, 0.1) is 11.7 Å². The number of aromatic amines is 2. The van der Waals surface area contributed by atoms with Crippen molar-refractivity contribution in [2.45, 2.75) is 12.8 Å². The van der Waals surface area contributed by atoms with Gasteiger partial charge in [0.2, 0.25) is 5.91 Å². The van der Waals surface area contributed by atoms with Gasteiger partial charge in [-0.1, -0.05) is 6.07 Å². The number of aromatic nitrogens is 7. The SMILES string of the molecule is O=C(Nc1cncc(-c2cc3c(-c4nc5nccc(-c6ccccn6)c5[nH]4)n[nH]c3cc2F)c1)C1CC1. The highest BCUT2D eigenvalue weighted by Gasteiger charge is 2.29. The predicted molar refractivity (Wildman–Crippen MR) is 137 cm³/mol. The van der Waals surface area contributed by atoms with Crippen LogP contribution in [0.3, 0.4) is 0 Å². The van der Waals surface area contributed by atoms with Gasteiger partial charge >= 0.3 is 0 Å². The Balaban J connectivity index is 1.31. The molecule has 5 heterocycles. The molecule has 37 heavy (non-hydrogen) atoms. The van der Waals surface area contributed by atoms with Crippen LogP contribution in [0.2, 0.25) is 0 Å². The Morgan fingerprint density at radius 2 is 1.95 bits per heavy atom. The summed E-state index contributed by atoms with van der Waals surface area (Å²) in [5, 5.41) is 10.9. The number of anilines is 1. The summed E-state index contributed by atoms with van der Waals surface area (Å²) in [5.41, 5.74) is 5.41. The summed E-state index contributed by atoms with van der Waals surface area (Å²) >= 11 is 0. The normalized spacial score (nSPS) is 13.3. The van der Waals surface area contributed by atoms with Crippen molar-refractivity contribution in [1.29, 1.82) is 0 Å². The second-order valence-electron chi connectivity index (χ2n) is 9.03. The van der Waals surface area contributed by atoms with Gasteiger partial charge in [0, 0.05) is 52.7 Å². The molecule has 3 N–H and O–H groups in total. The van der Waals surface area contributed by atoms with Gasteiger partial charge in [-0.3, -0.25) is 19.9 Å². The Labute approximate surface area is 209 Å². The molecule has 1 aromatic carbocycles. The van der Waals surface area contributed by atoms with Gasteiger partial charge in [-0.2, -0.15) is 5.10 Å². The Bertz CT molecular complexity index is 1810. The van der Waals surface area contributed by atoms with E-state index in [4.69, 9.17) is 0 Å². The lowest BCUT2D eigenvalue weighted by atomic mass is 10.0. The third kappa shape index (κ3) is 3.79. The van der Waals surface area contributed by atoms with Crippen molar-refractivity contribution in [2.24, 2.45) is 5.92 Å². The quantitative estimate of drug-likeness (QED) is 0.308. The van der Waals surface area contributed by atoms with Crippen LogP contribution in [0.4, 0.5) is 10.1 Å². The molecule has 1 amide bonds. The van der Waals surface area contributed by atoms with E-state index in [1.807, 2.05) is 24.3 Å². The van der Waals surface area contributed by atoms with E-state index in [2.05, 4.69) is 40.4 Å². The Morgan fingerprint density at radius 1 is 1.03 bits per heavy atom. The van der Waals surface area contributed by atoms with E-state index in [0.29, 0.717) is 44.9 Å². The summed E-state index contributed by atoms with van der Waals surface area (Å²) in [6.45, 7) is 0. The van der Waals surface area contributed by atoms with Crippen LogP contribution in [-0.2, 0) is 4.79 Å². The Kier molecular flexibility index (Phi) is 4.78. The molecule has 6 aromatic rings. The van der Waals surface area contributed by atoms with Gasteiger partial charge in [0.25, 0.3) is 0 Å². The fraction of sp³-hybridized carbons (Fsp3) is 0.111. The van der Waals surface area contributed by atoms with Crippen LogP contribution in [0.25, 0.3) is 56.0 Å². The fourth-order valence-electron chi connectivity index (χ4n) is 4.44. The lowest BCUT2D eigenvalue weighted by Gasteiger charge is -2.08. The van der Waals surface area contributed by atoms with Gasteiger partial charge in [-0.05, 0) is 43.2 Å². The molecular formula is C27H19FN8O. The van der Waals surface area contributed by atoms with Crippen LogP contribution in [0.5, 0.6) is 0 Å². The maximum Gasteiger partial charge on any atom is 0.227 e. The smallest absolute Gasteiger partial charge is 0.227 e. The van der Waals surface area contributed by atoms with Crippen molar-refractivity contribution < 1.29 is 9.18 Å². The number of H-pyrrole nitrogens is 2. The summed E-state index contributed by atoms with van der Waals surface area (Å²) in [6, 6.07) is 12.4. The molecule has 1 aliphatic carbocycles. The molecule has 0 spiro atoms. The molecule has 5 aromatic heterocycles. The molecule has 9 nitrogen and oxygen atoms in total. The van der Waals surface area contributed by atoms with E-state index in [-0.39, 0.29) is 11.8 Å². The van der Waals surface area contributed by atoms with Crippen LogP contribution in [0.15, 0.2) is 67.3 Å². The summed E-state index contributed by atoms with van der Waals surface area (Å²) < 4.78 is 15.2. The predicted octanol–water partition coefficient (Wildman–Crippen LogP) is 5.11. The average Bonchev–Trinajstić information content (AvgIpc) is 3.56. The zero-order chi connectivity index (χ0) is 24.9. The Morgan fingerprint density at radius 3 is 2.78 bits per heavy atom. The largest absolute Gasteiger partial charge is 0.335 e. The molecule has 0 radical (unpaired) electrons. The molecule has 1 saturated carbocycles. The molecule has 0 aliphatic heterocycles. The Hall–Kier alpha value is -4.99. The highest BCUT2D eigenvalue weighted by atomic mass is 19.1. The first-order valence-electron chi connectivity index (χ1n) is 11.8. The minimum Gasteiger partial charge on any atom is -0.335 e. The number of carbonyl (C=O) groups is 1. The molecule has 1 aliphatic rings. The lowest BCUT2D eigenvalue weighted by molar-refractivity contribution is -0.117. The molecule has 10 heteroatoms. The number of imidazole rings is 1. The molecular weight excluding hydrogens is 471 g/mol. The molecule has 0 saturated heterocycles. The zero-order valence-electron chi connectivity index (χ0n) is 19.4. The lowest BCUT2D eigenvalue weighted by Crippen LogP contribution is -2.13. The topological polar surface area (TPSA) is 125 Å². The molecule has 0 unspecified atom stereocenters. The van der Waals surface area contributed by atoms with Crippen LogP contribution in [0.1, 0.15) is 12.8 Å². The zero-order valence-corrected chi connectivity index (χ0v) is 19.4. The number of fused-ring (bicyclic) bond motifs is 2. The number of benzene rings is 1. The summed E-state index contributed by atoms with van der Waals surface area (Å²) in [5.74, 6) is 0.0921.